The molecule has 5 rings (SSSR count). The van der Waals surface area contributed by atoms with Crippen molar-refractivity contribution >= 4 is 24.4 Å². The molecule has 1 aliphatic carbocycles. The van der Waals surface area contributed by atoms with Crippen molar-refractivity contribution in [1.82, 2.24) is 25.5 Å². The van der Waals surface area contributed by atoms with Crippen molar-refractivity contribution in [3.63, 3.8) is 0 Å². The summed E-state index contributed by atoms with van der Waals surface area (Å²) in [5.41, 5.74) is -0.470. The number of allylic oxidation sites excluding steroid dienone is 3. The van der Waals surface area contributed by atoms with Gasteiger partial charge in [-0.25, -0.2) is 9.98 Å². The summed E-state index contributed by atoms with van der Waals surface area (Å²) in [6, 6.07) is 0.192. The number of anilines is 2. The van der Waals surface area contributed by atoms with E-state index in [4.69, 9.17) is 4.98 Å². The van der Waals surface area contributed by atoms with Gasteiger partial charge in [-0.15, -0.1) is 0 Å². The van der Waals surface area contributed by atoms with Crippen molar-refractivity contribution in [1.29, 1.82) is 0 Å². The van der Waals surface area contributed by atoms with Gasteiger partial charge in [-0.1, -0.05) is 12.8 Å². The summed E-state index contributed by atoms with van der Waals surface area (Å²) in [7, 11) is 0. The Morgan fingerprint density at radius 2 is 1.97 bits per heavy atom. The Hall–Kier alpha value is -3.15. The number of hydrogen-bond acceptors (Lipinski definition) is 8. The van der Waals surface area contributed by atoms with Crippen molar-refractivity contribution in [2.75, 3.05) is 42.9 Å². The number of piperidine rings is 1. The molecule has 9 nitrogen and oxygen atoms in total. The molecule has 0 radical (unpaired) electrons. The molecular formula is C26H35F3N8O. The molecule has 3 fully saturated rings. The normalized spacial score (nSPS) is 25.4. The number of piperazine rings is 1. The van der Waals surface area contributed by atoms with E-state index in [1.807, 2.05) is 0 Å². The van der Waals surface area contributed by atoms with Crippen LogP contribution >= 0.6 is 0 Å². The van der Waals surface area contributed by atoms with Crippen LogP contribution < -0.4 is 20.9 Å². The van der Waals surface area contributed by atoms with Gasteiger partial charge < -0.3 is 25.8 Å². The van der Waals surface area contributed by atoms with Gasteiger partial charge in [0.25, 0.3) is 0 Å². The summed E-state index contributed by atoms with van der Waals surface area (Å²) in [5.74, 6) is 0.723. The molecule has 38 heavy (non-hydrogen) atoms. The van der Waals surface area contributed by atoms with Crippen molar-refractivity contribution in [2.45, 2.75) is 69.6 Å². The third kappa shape index (κ3) is 4.97. The number of hydrogen-bond donors (Lipinski definition) is 3. The first kappa shape index (κ1) is 26.5. The minimum atomic E-state index is -4.58. The third-order valence-electron chi connectivity index (χ3n) is 8.16. The molecule has 1 aromatic heterocycles. The Morgan fingerprint density at radius 1 is 1.24 bits per heavy atom. The van der Waals surface area contributed by atoms with Crippen LogP contribution in [0.25, 0.3) is 0 Å². The Balaban J connectivity index is 1.47. The quantitative estimate of drug-likeness (QED) is 0.383. The molecule has 12 heteroatoms. The van der Waals surface area contributed by atoms with Gasteiger partial charge in [-0.3, -0.25) is 4.79 Å². The summed E-state index contributed by atoms with van der Waals surface area (Å²) >= 11 is 0. The second-order valence-electron chi connectivity index (χ2n) is 10.5. The molecule has 1 aromatic rings. The highest BCUT2D eigenvalue weighted by atomic mass is 19.4. The van der Waals surface area contributed by atoms with Gasteiger partial charge in [-0.2, -0.15) is 18.2 Å². The highest BCUT2D eigenvalue weighted by Gasteiger charge is 2.54. The molecule has 2 saturated heterocycles. The van der Waals surface area contributed by atoms with Crippen LogP contribution in [0.15, 0.2) is 34.4 Å². The smallest absolute Gasteiger partial charge is 0.372 e. The number of aliphatic imine (C=N–C) groups is 1. The number of carbonyl (C=O) groups excluding carboxylic acids is 1. The topological polar surface area (TPSA) is 97.8 Å². The fourth-order valence-corrected chi connectivity index (χ4v) is 6.27. The molecule has 1 unspecified atom stereocenters. The predicted molar refractivity (Wildman–Crippen MR) is 140 cm³/mol. The van der Waals surface area contributed by atoms with Gasteiger partial charge in [0.05, 0.1) is 5.57 Å². The molecule has 1 atom stereocenters. The zero-order chi connectivity index (χ0) is 26.9. The van der Waals surface area contributed by atoms with E-state index in [0.29, 0.717) is 45.0 Å². The minimum absolute atomic E-state index is 0.0137. The van der Waals surface area contributed by atoms with Gasteiger partial charge in [0, 0.05) is 62.6 Å². The first-order chi connectivity index (χ1) is 18.2. The summed E-state index contributed by atoms with van der Waals surface area (Å²) in [6.07, 6.45) is 4.35. The Bertz CT molecular complexity index is 1140. The zero-order valence-electron chi connectivity index (χ0n) is 21.7. The largest absolute Gasteiger partial charge is 0.418 e. The number of nitrogens with zero attached hydrogens (tertiary/aromatic N) is 5. The van der Waals surface area contributed by atoms with Crippen LogP contribution in [-0.4, -0.2) is 78.0 Å². The highest BCUT2D eigenvalue weighted by molar-refractivity contribution is 5.93. The number of amides is 1. The maximum absolute atomic E-state index is 14.1. The van der Waals surface area contributed by atoms with Gasteiger partial charge in [0.15, 0.2) is 0 Å². The average Bonchev–Trinajstić information content (AvgIpc) is 3.53. The van der Waals surface area contributed by atoms with Gasteiger partial charge in [-0.05, 0) is 45.4 Å². The summed E-state index contributed by atoms with van der Waals surface area (Å²) in [6.45, 7) is 7.84. The van der Waals surface area contributed by atoms with E-state index in [-0.39, 0.29) is 29.4 Å². The number of nitrogens with one attached hydrogen (secondary N) is 3. The summed E-state index contributed by atoms with van der Waals surface area (Å²) in [5, 5.41) is 9.04. The molecule has 4 aliphatic rings. The SMILES string of the molecule is C=N/C(=C\C(=C(/C)N1CCNCC1)C(F)(F)F)Nc1ncc2c(n1)N(C1CCCC1)C1(CCCNC1=O)C2. The molecule has 3 aliphatic heterocycles. The molecule has 1 saturated carbocycles. The second kappa shape index (κ2) is 10.5. The van der Waals surface area contributed by atoms with E-state index in [9.17, 15) is 18.0 Å². The number of fused-ring (bicyclic) bond motifs is 1. The van der Waals surface area contributed by atoms with Gasteiger partial charge in [0.1, 0.15) is 17.2 Å². The van der Waals surface area contributed by atoms with Crippen LogP contribution in [0.2, 0.25) is 0 Å². The van der Waals surface area contributed by atoms with Gasteiger partial charge in [0.2, 0.25) is 11.9 Å². The van der Waals surface area contributed by atoms with Crippen molar-refractivity contribution < 1.29 is 18.0 Å². The number of halogens is 3. The standard InChI is InChI=1S/C26H35F3N8O/c1-17(36-12-10-31-11-13-36)20(26(27,28)29)14-21(30-2)34-24-33-16-18-15-25(8-5-9-32-23(25)38)37(22(18)35-24)19-6-3-4-7-19/h14,16,19,31H,2-13,15H2,1H3,(H,32,38)(H,33,34,35)/b20-17-,21-14+. The van der Waals surface area contributed by atoms with E-state index < -0.39 is 17.3 Å². The molecular weight excluding hydrogens is 497 g/mol. The van der Waals surface area contributed by atoms with Crippen LogP contribution in [0.1, 0.15) is 51.0 Å². The zero-order valence-corrected chi connectivity index (χ0v) is 21.7. The van der Waals surface area contributed by atoms with Crippen molar-refractivity contribution in [3.8, 4) is 0 Å². The van der Waals surface area contributed by atoms with E-state index in [1.54, 1.807) is 11.1 Å². The molecule has 0 aromatic carbocycles. The summed E-state index contributed by atoms with van der Waals surface area (Å²) < 4.78 is 42.3. The van der Waals surface area contributed by atoms with E-state index >= 15 is 0 Å². The number of carbonyl (C=O) groups is 1. The predicted octanol–water partition coefficient (Wildman–Crippen LogP) is 3.13. The van der Waals surface area contributed by atoms with Crippen LogP contribution in [0.5, 0.6) is 0 Å². The van der Waals surface area contributed by atoms with E-state index in [2.05, 4.69) is 37.5 Å². The molecule has 1 amide bonds. The van der Waals surface area contributed by atoms with Gasteiger partial charge >= 0.3 is 6.18 Å². The van der Waals surface area contributed by atoms with Crippen LogP contribution in [-0.2, 0) is 11.2 Å². The first-order valence-corrected chi connectivity index (χ1v) is 13.4. The Labute approximate surface area is 220 Å². The third-order valence-corrected chi connectivity index (χ3v) is 8.16. The molecule has 0 bridgehead atoms. The first-order valence-electron chi connectivity index (χ1n) is 13.4. The minimum Gasteiger partial charge on any atom is -0.372 e. The fraction of sp³-hybridized carbons (Fsp3) is 0.615. The molecule has 3 N–H and O–H groups in total. The average molecular weight is 533 g/mol. The maximum Gasteiger partial charge on any atom is 0.418 e. The Kier molecular flexibility index (Phi) is 7.34. The van der Waals surface area contributed by atoms with Crippen LogP contribution in [0.3, 0.4) is 0 Å². The maximum atomic E-state index is 14.1. The number of aromatic nitrogens is 2. The Morgan fingerprint density at radius 3 is 2.63 bits per heavy atom. The molecule has 206 valence electrons. The lowest BCUT2D eigenvalue weighted by molar-refractivity contribution is -0.128. The molecule has 4 heterocycles. The number of rotatable bonds is 6. The van der Waals surface area contributed by atoms with Crippen LogP contribution in [0, 0.1) is 0 Å². The monoisotopic (exact) mass is 532 g/mol. The summed E-state index contributed by atoms with van der Waals surface area (Å²) in [4.78, 5) is 30.0. The number of alkyl halides is 3. The highest BCUT2D eigenvalue weighted by Crippen LogP contribution is 2.46. The second-order valence-corrected chi connectivity index (χ2v) is 10.5. The lowest BCUT2D eigenvalue weighted by atomic mass is 9.84. The lowest BCUT2D eigenvalue weighted by Crippen LogP contribution is -2.63. The van der Waals surface area contributed by atoms with Crippen LogP contribution in [0.4, 0.5) is 24.9 Å². The van der Waals surface area contributed by atoms with Crippen molar-refractivity contribution in [3.05, 3.63) is 34.9 Å². The lowest BCUT2D eigenvalue weighted by Gasteiger charge is -2.44. The van der Waals surface area contributed by atoms with E-state index in [1.165, 1.54) is 6.92 Å². The molecule has 1 spiro atoms. The van der Waals surface area contributed by atoms with E-state index in [0.717, 1.165) is 50.2 Å². The fourth-order valence-electron chi connectivity index (χ4n) is 6.27. The van der Waals surface area contributed by atoms with Crippen molar-refractivity contribution in [2.24, 2.45) is 4.99 Å².